The van der Waals surface area contributed by atoms with Gasteiger partial charge in [-0.05, 0) is 62.7 Å². The van der Waals surface area contributed by atoms with Crippen LogP contribution in [0.2, 0.25) is 0 Å². The van der Waals surface area contributed by atoms with Crippen LogP contribution >= 0.6 is 0 Å². The molecular formula is C51H60N8O10. The lowest BCUT2D eigenvalue weighted by Crippen LogP contribution is -2.49. The number of rotatable bonds is 15. The zero-order valence-electron chi connectivity index (χ0n) is 40.4. The molecule has 4 amide bonds. The lowest BCUT2D eigenvalue weighted by molar-refractivity contribution is -0.142. The summed E-state index contributed by atoms with van der Waals surface area (Å²) in [5, 5.41) is 25.2. The summed E-state index contributed by atoms with van der Waals surface area (Å²) >= 11 is 0. The Morgan fingerprint density at radius 3 is 1.74 bits per heavy atom. The molecule has 2 aliphatic heterocycles. The molecule has 0 aliphatic carbocycles. The molecule has 6 heterocycles. The molecule has 0 bridgehead atoms. The average Bonchev–Trinajstić information content (AvgIpc) is 4.19. The summed E-state index contributed by atoms with van der Waals surface area (Å²) in [6.07, 6.45) is 1.79. The second kappa shape index (κ2) is 19.9. The molecule has 0 spiro atoms. The van der Waals surface area contributed by atoms with Crippen LogP contribution in [0.15, 0.2) is 91.3 Å². The number of hydrogen-bond acceptors (Lipinski definition) is 14. The van der Waals surface area contributed by atoms with Crippen LogP contribution in [-0.4, -0.2) is 96.2 Å². The highest BCUT2D eigenvalue weighted by Gasteiger charge is 2.47. The number of hydrogen-bond donors (Lipinski definition) is 3. The molecule has 2 fully saturated rings. The second-order valence-electron chi connectivity index (χ2n) is 19.3. The predicted octanol–water partition coefficient (Wildman–Crippen LogP) is 7.29. The number of benzene rings is 2. The average molecular weight is 945 g/mol. The Morgan fingerprint density at radius 1 is 0.739 bits per heavy atom. The van der Waals surface area contributed by atoms with E-state index < -0.39 is 65.4 Å². The van der Waals surface area contributed by atoms with E-state index >= 15 is 0 Å². The first-order valence-electron chi connectivity index (χ1n) is 23.4. The zero-order chi connectivity index (χ0) is 49.3. The maximum absolute atomic E-state index is 14.6. The molecule has 3 N–H and O–H groups in total. The first kappa shape index (κ1) is 48.4. The quantitative estimate of drug-likeness (QED) is 0.0918. The van der Waals surface area contributed by atoms with E-state index in [0.717, 1.165) is 33.6 Å². The van der Waals surface area contributed by atoms with Gasteiger partial charge in [0.2, 0.25) is 23.6 Å². The Balaban J connectivity index is 0.968. The largest absolute Gasteiger partial charge is 0.470 e. The van der Waals surface area contributed by atoms with Crippen LogP contribution in [0.3, 0.4) is 0 Å². The van der Waals surface area contributed by atoms with Gasteiger partial charge in [-0.3, -0.25) is 19.2 Å². The molecule has 0 unspecified atom stereocenters. The number of carbonyl (C=O) groups excluding carboxylic acids is 4. The Hall–Kier alpha value is -7.08. The third kappa shape index (κ3) is 10.4. The van der Waals surface area contributed by atoms with Crippen molar-refractivity contribution < 1.29 is 46.9 Å². The van der Waals surface area contributed by atoms with Gasteiger partial charge in [-0.15, -0.1) is 0 Å². The van der Waals surface area contributed by atoms with Crippen molar-refractivity contribution in [3.8, 4) is 28.5 Å². The Bertz CT molecular complexity index is 2770. The lowest BCUT2D eigenvalue weighted by atomic mass is 9.78. The molecule has 0 saturated carbocycles. The van der Waals surface area contributed by atoms with Crippen molar-refractivity contribution in [1.82, 2.24) is 40.7 Å². The maximum Gasteiger partial charge on any atom is 0.254 e. The van der Waals surface area contributed by atoms with Crippen molar-refractivity contribution in [2.24, 2.45) is 5.41 Å². The molecule has 6 aromatic rings. The molecule has 2 aliphatic rings. The van der Waals surface area contributed by atoms with Crippen molar-refractivity contribution in [2.45, 2.75) is 130 Å². The van der Waals surface area contributed by atoms with E-state index in [2.05, 4.69) is 30.9 Å². The number of aliphatic hydroxyl groups excluding tert-OH is 1. The van der Waals surface area contributed by atoms with E-state index in [9.17, 15) is 24.3 Å². The van der Waals surface area contributed by atoms with Crippen molar-refractivity contribution in [3.63, 3.8) is 0 Å². The molecule has 18 nitrogen and oxygen atoms in total. The number of amides is 4. The van der Waals surface area contributed by atoms with Crippen molar-refractivity contribution in [2.75, 3.05) is 13.1 Å². The number of aliphatic hydroxyl groups is 1. The van der Waals surface area contributed by atoms with Crippen molar-refractivity contribution >= 4 is 23.6 Å². The molecule has 2 aromatic carbocycles. The van der Waals surface area contributed by atoms with Gasteiger partial charge in [-0.25, -0.2) is 9.97 Å². The van der Waals surface area contributed by atoms with Gasteiger partial charge in [0, 0.05) is 42.6 Å². The highest BCUT2D eigenvalue weighted by Crippen LogP contribution is 2.40. The summed E-state index contributed by atoms with van der Waals surface area (Å²) in [5.74, 6) is -1.11. The summed E-state index contributed by atoms with van der Waals surface area (Å²) < 4.78 is 28.8. The fraction of sp³-hybridized carbons (Fsp3) is 0.451. The van der Waals surface area contributed by atoms with Crippen molar-refractivity contribution in [1.29, 1.82) is 0 Å². The molecule has 8 rings (SSSR count). The van der Waals surface area contributed by atoms with Gasteiger partial charge in [0.1, 0.15) is 29.9 Å². The highest BCUT2D eigenvalue weighted by molar-refractivity contribution is 5.92. The van der Waals surface area contributed by atoms with E-state index in [-0.39, 0.29) is 49.4 Å². The molecule has 2 saturated heterocycles. The van der Waals surface area contributed by atoms with Crippen LogP contribution in [-0.2, 0) is 19.2 Å². The first-order valence-corrected chi connectivity index (χ1v) is 23.4. The van der Waals surface area contributed by atoms with Gasteiger partial charge in [-0.1, -0.05) is 81.4 Å². The molecule has 18 heteroatoms. The van der Waals surface area contributed by atoms with Gasteiger partial charge >= 0.3 is 0 Å². The number of β-amino-alcohol motifs (C(OH)–C–C–N with tert-alkyl or cyclic N) is 1. The van der Waals surface area contributed by atoms with Gasteiger partial charge in [-0.2, -0.15) is 0 Å². The first-order chi connectivity index (χ1) is 32.9. The van der Waals surface area contributed by atoms with Crippen LogP contribution in [0.25, 0.3) is 22.6 Å². The Kier molecular flexibility index (Phi) is 13.9. The van der Waals surface area contributed by atoms with Crippen LogP contribution < -0.4 is 15.4 Å². The van der Waals surface area contributed by atoms with E-state index in [0.29, 0.717) is 29.4 Å². The third-order valence-electron chi connectivity index (χ3n) is 13.2. The smallest absolute Gasteiger partial charge is 0.254 e. The second-order valence-corrected chi connectivity index (χ2v) is 19.3. The summed E-state index contributed by atoms with van der Waals surface area (Å²) in [4.78, 5) is 68.5. The number of likely N-dealkylation sites (tertiary alicyclic amines) is 2. The summed E-state index contributed by atoms with van der Waals surface area (Å²) in [6, 6.07) is 15.8. The number of aromatic nitrogens is 4. The van der Waals surface area contributed by atoms with Gasteiger partial charge in [0.05, 0.1) is 47.7 Å². The predicted molar refractivity (Wildman–Crippen MR) is 250 cm³/mol. The van der Waals surface area contributed by atoms with Gasteiger partial charge in [0.25, 0.3) is 5.88 Å². The summed E-state index contributed by atoms with van der Waals surface area (Å²) in [6.45, 7) is 16.7. The summed E-state index contributed by atoms with van der Waals surface area (Å²) in [7, 11) is 0. The molecule has 0 radical (unpaired) electrons. The number of carbonyl (C=O) groups is 4. The van der Waals surface area contributed by atoms with E-state index in [4.69, 9.17) is 22.6 Å². The fourth-order valence-electron chi connectivity index (χ4n) is 9.44. The van der Waals surface area contributed by atoms with Crippen LogP contribution in [0.1, 0.15) is 124 Å². The number of aryl methyl sites for hydroxylation is 3. The van der Waals surface area contributed by atoms with Gasteiger partial charge in [0.15, 0.2) is 30.1 Å². The molecule has 364 valence electrons. The monoisotopic (exact) mass is 944 g/mol. The van der Waals surface area contributed by atoms with Crippen LogP contribution in [0, 0.1) is 26.2 Å². The number of ether oxygens (including phenoxy) is 1. The van der Waals surface area contributed by atoms with E-state index in [1.54, 1.807) is 19.1 Å². The van der Waals surface area contributed by atoms with Crippen molar-refractivity contribution in [3.05, 3.63) is 113 Å². The minimum Gasteiger partial charge on any atom is -0.470 e. The Labute approximate surface area is 400 Å². The standard InChI is InChI=1S/C51H60N8O10/c1-10-38(41-19-27(2)56-68-41)49(63)59-24-37(21-40(59)48(62)55-29(4)33-13-17-35(18-14-33)46-31(6)53-26-66-46)67-43-22-42(69-57-43)44(51(7,8)9)50(64)58-23-36(60)20-39(58)47(61)54-28(3)32-11-15-34(16-12-32)45-30(5)52-25-65-45/h11-19,22,25-26,28-29,36-40,44,60H,10,20-21,23-24H2,1-9H3,(H,54,61)(H,55,62)/t28-,29-,36+,37+,38+,39-,40-,44+/m0/s1. The Morgan fingerprint density at radius 2 is 1.26 bits per heavy atom. The third-order valence-corrected chi connectivity index (χ3v) is 13.2. The number of oxazole rings is 2. The number of nitrogens with one attached hydrogen (secondary N) is 2. The van der Waals surface area contributed by atoms with Gasteiger partial charge < -0.3 is 48.2 Å². The summed E-state index contributed by atoms with van der Waals surface area (Å²) in [5.41, 5.74) is 4.83. The molecule has 4 aromatic heterocycles. The highest BCUT2D eigenvalue weighted by atomic mass is 16.5. The van der Waals surface area contributed by atoms with Crippen LogP contribution in [0.5, 0.6) is 5.88 Å². The molecular weight excluding hydrogens is 885 g/mol. The topological polar surface area (TPSA) is 232 Å². The minimum absolute atomic E-state index is 0.0470. The minimum atomic E-state index is -0.946. The lowest BCUT2D eigenvalue weighted by Gasteiger charge is -2.33. The van der Waals surface area contributed by atoms with E-state index in [1.807, 2.05) is 104 Å². The SMILES string of the molecule is CC[C@@H](C(=O)N1C[C@H](Oc2cc([C@H](C(=O)N3C[C@H](O)C[C@H]3C(=O)N[C@@H](C)c3ccc(-c4ocnc4C)cc3)C(C)(C)C)on2)C[C@H]1C(=O)N[C@@H](C)c1ccc(-c2ocnc2C)cc1)c1cc(C)no1. The molecule has 8 atom stereocenters. The fourth-order valence-corrected chi connectivity index (χ4v) is 9.44. The number of nitrogens with zero attached hydrogens (tertiary/aromatic N) is 6. The van der Waals surface area contributed by atoms with E-state index in [1.165, 1.54) is 22.6 Å². The van der Waals surface area contributed by atoms with Crippen LogP contribution in [0.4, 0.5) is 0 Å². The molecule has 69 heavy (non-hydrogen) atoms. The zero-order valence-corrected chi connectivity index (χ0v) is 40.4. The normalized spacial score (nSPS) is 20.1. The maximum atomic E-state index is 14.6.